The van der Waals surface area contributed by atoms with E-state index in [2.05, 4.69) is 30.1 Å². The molecule has 1 amide bonds. The van der Waals surface area contributed by atoms with Gasteiger partial charge < -0.3 is 14.6 Å². The topological polar surface area (TPSA) is 78.7 Å². The third-order valence-electron chi connectivity index (χ3n) is 6.68. The van der Waals surface area contributed by atoms with Crippen molar-refractivity contribution >= 4 is 23.1 Å². The number of fused-ring (bicyclic) bond motifs is 2. The molecule has 2 saturated heterocycles. The Balaban J connectivity index is 1.05. The lowest BCUT2D eigenvalue weighted by Crippen LogP contribution is -2.52. The van der Waals surface area contributed by atoms with Crippen LogP contribution in [0, 0.1) is 24.6 Å². The highest BCUT2D eigenvalue weighted by Crippen LogP contribution is 2.52. The van der Waals surface area contributed by atoms with Crippen LogP contribution in [0.5, 0.6) is 0 Å². The van der Waals surface area contributed by atoms with Crippen molar-refractivity contribution in [3.8, 4) is 0 Å². The number of likely N-dealkylation sites (tertiary alicyclic amines) is 1. The van der Waals surface area contributed by atoms with E-state index in [1.54, 1.807) is 25.5 Å². The lowest BCUT2D eigenvalue weighted by atomic mass is 9.99. The average molecular weight is 439 g/mol. The number of carbonyl (C=O) groups excluding carboxylic acids is 1. The van der Waals surface area contributed by atoms with Gasteiger partial charge in [-0.2, -0.15) is 0 Å². The quantitative estimate of drug-likeness (QED) is 0.657. The van der Waals surface area contributed by atoms with E-state index in [0.717, 1.165) is 32.6 Å². The second-order valence-electron chi connectivity index (χ2n) is 9.30. The number of hydrogen-bond acceptors (Lipinski definition) is 6. The van der Waals surface area contributed by atoms with Crippen LogP contribution in [0.4, 0.5) is 20.3 Å². The highest BCUT2D eigenvalue weighted by Gasteiger charge is 2.61. The Bertz CT molecular complexity index is 1210. The standard InChI is InChI=1S/C22H23F2N7O/c1-13-6-31-11-16(2-17(23)20(31)27-13)28-21(32)18-4-26-19(5-25-18)30-8-14(9-30)7-29-10-15-3-22(15,24)12-29/h2,4-6,11,14-15H,3,7-10,12H2,1H3,(H,28,32)/t15?,22-/m0/s1. The second-order valence-corrected chi connectivity index (χ2v) is 9.30. The zero-order valence-corrected chi connectivity index (χ0v) is 17.6. The average Bonchev–Trinajstić information content (AvgIpc) is 3.03. The monoisotopic (exact) mass is 439 g/mol. The van der Waals surface area contributed by atoms with E-state index in [0.29, 0.717) is 29.7 Å². The van der Waals surface area contributed by atoms with Crippen LogP contribution >= 0.6 is 0 Å². The molecular formula is C22H23F2N7O. The molecule has 3 fully saturated rings. The summed E-state index contributed by atoms with van der Waals surface area (Å²) in [7, 11) is 0. The number of imidazole rings is 1. The first-order valence-corrected chi connectivity index (χ1v) is 10.8. The smallest absolute Gasteiger partial charge is 0.275 e. The van der Waals surface area contributed by atoms with Gasteiger partial charge in [0.1, 0.15) is 17.2 Å². The van der Waals surface area contributed by atoms with Crippen molar-refractivity contribution in [2.24, 2.45) is 11.8 Å². The van der Waals surface area contributed by atoms with Crippen LogP contribution in [0.15, 0.2) is 30.9 Å². The lowest BCUT2D eigenvalue weighted by molar-refractivity contribution is 0.102. The van der Waals surface area contributed by atoms with Crippen LogP contribution in [0.25, 0.3) is 5.65 Å². The van der Waals surface area contributed by atoms with Gasteiger partial charge in [0, 0.05) is 63.0 Å². The number of rotatable bonds is 5. The summed E-state index contributed by atoms with van der Waals surface area (Å²) in [6.45, 7) is 5.86. The number of alkyl halides is 1. The molecule has 3 aromatic heterocycles. The first-order valence-electron chi connectivity index (χ1n) is 10.8. The number of halogens is 2. The molecule has 0 radical (unpaired) electrons. The molecular weight excluding hydrogens is 416 g/mol. The summed E-state index contributed by atoms with van der Waals surface area (Å²) in [6, 6.07) is 1.23. The van der Waals surface area contributed by atoms with Crippen LogP contribution in [-0.2, 0) is 0 Å². The predicted octanol–water partition coefficient (Wildman–Crippen LogP) is 2.30. The number of nitrogens with one attached hydrogen (secondary N) is 1. The molecule has 10 heteroatoms. The molecule has 32 heavy (non-hydrogen) atoms. The third kappa shape index (κ3) is 3.38. The fraction of sp³-hybridized carbons (Fsp3) is 0.455. The fourth-order valence-electron chi connectivity index (χ4n) is 4.94. The number of piperidine rings is 1. The highest BCUT2D eigenvalue weighted by atomic mass is 19.1. The molecule has 0 aromatic carbocycles. The van der Waals surface area contributed by atoms with E-state index >= 15 is 0 Å². The van der Waals surface area contributed by atoms with E-state index in [4.69, 9.17) is 0 Å². The van der Waals surface area contributed by atoms with Crippen molar-refractivity contribution in [2.45, 2.75) is 19.0 Å². The molecule has 1 saturated carbocycles. The van der Waals surface area contributed by atoms with Crippen LogP contribution in [0.2, 0.25) is 0 Å². The predicted molar refractivity (Wildman–Crippen MR) is 114 cm³/mol. The summed E-state index contributed by atoms with van der Waals surface area (Å²) < 4.78 is 29.8. The van der Waals surface area contributed by atoms with E-state index in [-0.39, 0.29) is 17.3 Å². The van der Waals surface area contributed by atoms with Gasteiger partial charge in [-0.15, -0.1) is 0 Å². The Morgan fingerprint density at radius 3 is 2.81 bits per heavy atom. The summed E-state index contributed by atoms with van der Waals surface area (Å²) in [4.78, 5) is 29.6. The number of aryl methyl sites for hydroxylation is 1. The molecule has 1 unspecified atom stereocenters. The van der Waals surface area contributed by atoms with Gasteiger partial charge in [-0.25, -0.2) is 23.7 Å². The van der Waals surface area contributed by atoms with Crippen molar-refractivity contribution in [3.05, 3.63) is 48.1 Å². The molecule has 0 bridgehead atoms. The molecule has 6 rings (SSSR count). The largest absolute Gasteiger partial charge is 0.355 e. The molecule has 2 aliphatic heterocycles. The molecule has 166 valence electrons. The Labute approximate surface area is 183 Å². The van der Waals surface area contributed by atoms with E-state index in [1.807, 2.05) is 0 Å². The maximum atomic E-state index is 14.2. The molecule has 5 heterocycles. The summed E-state index contributed by atoms with van der Waals surface area (Å²) in [5.41, 5.74) is 0.454. The molecule has 3 aromatic rings. The Kier molecular flexibility index (Phi) is 4.23. The number of aromatic nitrogens is 4. The van der Waals surface area contributed by atoms with E-state index < -0.39 is 17.4 Å². The first-order chi connectivity index (χ1) is 15.4. The first kappa shape index (κ1) is 19.5. The molecule has 8 nitrogen and oxygen atoms in total. The van der Waals surface area contributed by atoms with Gasteiger partial charge in [-0.3, -0.25) is 9.69 Å². The van der Waals surface area contributed by atoms with Gasteiger partial charge in [0.05, 0.1) is 23.8 Å². The number of nitrogens with zero attached hydrogens (tertiary/aromatic N) is 6. The van der Waals surface area contributed by atoms with Gasteiger partial charge in [0.15, 0.2) is 11.5 Å². The number of pyridine rings is 1. The Morgan fingerprint density at radius 1 is 1.25 bits per heavy atom. The van der Waals surface area contributed by atoms with Gasteiger partial charge in [0.2, 0.25) is 0 Å². The van der Waals surface area contributed by atoms with Crippen LogP contribution in [0.1, 0.15) is 22.6 Å². The second kappa shape index (κ2) is 6.93. The van der Waals surface area contributed by atoms with Crippen LogP contribution < -0.4 is 10.2 Å². The minimum Gasteiger partial charge on any atom is -0.355 e. The summed E-state index contributed by atoms with van der Waals surface area (Å²) in [5.74, 6) is 0.486. The number of amides is 1. The molecule has 3 aliphatic rings. The molecule has 1 N–H and O–H groups in total. The van der Waals surface area contributed by atoms with Crippen molar-refractivity contribution in [1.82, 2.24) is 24.3 Å². The van der Waals surface area contributed by atoms with Crippen molar-refractivity contribution < 1.29 is 13.6 Å². The number of carbonyl (C=O) groups is 1. The zero-order chi connectivity index (χ0) is 22.0. The maximum absolute atomic E-state index is 14.2. The summed E-state index contributed by atoms with van der Waals surface area (Å²) in [6.07, 6.45) is 7.03. The number of hydrogen-bond donors (Lipinski definition) is 1. The maximum Gasteiger partial charge on any atom is 0.275 e. The lowest BCUT2D eigenvalue weighted by Gasteiger charge is -2.41. The third-order valence-corrected chi connectivity index (χ3v) is 6.68. The van der Waals surface area contributed by atoms with E-state index in [1.165, 1.54) is 16.7 Å². The van der Waals surface area contributed by atoms with Gasteiger partial charge in [-0.1, -0.05) is 0 Å². The van der Waals surface area contributed by atoms with Gasteiger partial charge in [0.25, 0.3) is 5.91 Å². The minimum atomic E-state index is -0.902. The van der Waals surface area contributed by atoms with Crippen molar-refractivity contribution in [1.29, 1.82) is 0 Å². The molecule has 1 aliphatic carbocycles. The normalized spacial score (nSPS) is 25.1. The summed E-state index contributed by atoms with van der Waals surface area (Å²) >= 11 is 0. The van der Waals surface area contributed by atoms with Crippen LogP contribution in [0.3, 0.4) is 0 Å². The number of anilines is 2. The zero-order valence-electron chi connectivity index (χ0n) is 17.6. The van der Waals surface area contributed by atoms with Gasteiger partial charge in [-0.05, 0) is 13.3 Å². The van der Waals surface area contributed by atoms with Gasteiger partial charge >= 0.3 is 0 Å². The van der Waals surface area contributed by atoms with Crippen molar-refractivity contribution in [3.63, 3.8) is 0 Å². The van der Waals surface area contributed by atoms with Crippen molar-refractivity contribution in [2.75, 3.05) is 42.9 Å². The fourth-order valence-corrected chi connectivity index (χ4v) is 4.94. The minimum absolute atomic E-state index is 0.151. The summed E-state index contributed by atoms with van der Waals surface area (Å²) in [5, 5.41) is 2.65. The molecule has 2 atom stereocenters. The highest BCUT2D eigenvalue weighted by molar-refractivity contribution is 6.02. The SMILES string of the molecule is Cc1cn2cc(NC(=O)c3cnc(N4CC(CN5CC6C[C@]6(F)C5)C4)cn3)cc(F)c2n1. The van der Waals surface area contributed by atoms with E-state index in [9.17, 15) is 13.6 Å². The van der Waals surface area contributed by atoms with Crippen LogP contribution in [-0.4, -0.2) is 68.6 Å². The molecule has 0 spiro atoms. The Morgan fingerprint density at radius 2 is 2.09 bits per heavy atom. The Hall–Kier alpha value is -3.14.